The van der Waals surface area contributed by atoms with Crippen molar-refractivity contribution in [1.82, 2.24) is 10.2 Å². The minimum Gasteiger partial charge on any atom is -0.457 e. The van der Waals surface area contributed by atoms with Gasteiger partial charge < -0.3 is 15.0 Å². The van der Waals surface area contributed by atoms with E-state index in [2.05, 4.69) is 5.32 Å². The van der Waals surface area contributed by atoms with E-state index in [-0.39, 0.29) is 17.8 Å². The van der Waals surface area contributed by atoms with E-state index in [0.717, 1.165) is 10.6 Å². The highest BCUT2D eigenvalue weighted by Crippen LogP contribution is 2.26. The summed E-state index contributed by atoms with van der Waals surface area (Å²) in [5.41, 5.74) is 0.458. The summed E-state index contributed by atoms with van der Waals surface area (Å²) in [6, 6.07) is 20.3. The van der Waals surface area contributed by atoms with Gasteiger partial charge in [0.25, 0.3) is 0 Å². The first kappa shape index (κ1) is 28.6. The van der Waals surface area contributed by atoms with Crippen LogP contribution in [-0.4, -0.2) is 50.5 Å². The number of nitrogens with one attached hydrogen (secondary N) is 1. The largest absolute Gasteiger partial charge is 0.457 e. The van der Waals surface area contributed by atoms with Gasteiger partial charge in [0.1, 0.15) is 29.9 Å². The molecule has 0 unspecified atom stereocenters. The molecule has 0 aliphatic carbocycles. The van der Waals surface area contributed by atoms with Crippen LogP contribution in [0.15, 0.2) is 78.9 Å². The van der Waals surface area contributed by atoms with Crippen LogP contribution in [0.2, 0.25) is 0 Å². The van der Waals surface area contributed by atoms with Crippen LogP contribution in [-0.2, 0) is 26.2 Å². The van der Waals surface area contributed by atoms with Gasteiger partial charge in [0.2, 0.25) is 21.8 Å². The van der Waals surface area contributed by atoms with E-state index >= 15 is 0 Å². The van der Waals surface area contributed by atoms with Crippen LogP contribution < -0.4 is 14.4 Å². The number of hydrogen-bond acceptors (Lipinski definition) is 5. The Morgan fingerprint density at radius 2 is 1.55 bits per heavy atom. The van der Waals surface area contributed by atoms with Crippen molar-refractivity contribution in [3.63, 3.8) is 0 Å². The number of carbonyl (C=O) groups is 2. The number of rotatable bonds is 12. The Kier molecular flexibility index (Phi) is 9.84. The van der Waals surface area contributed by atoms with Gasteiger partial charge in [-0.25, -0.2) is 12.8 Å². The first-order valence-corrected chi connectivity index (χ1v) is 14.1. The maximum absolute atomic E-state index is 14.4. The number of benzene rings is 3. The fourth-order valence-electron chi connectivity index (χ4n) is 3.71. The summed E-state index contributed by atoms with van der Waals surface area (Å²) >= 11 is 0. The summed E-state index contributed by atoms with van der Waals surface area (Å²) in [5.74, 6) is -0.482. The van der Waals surface area contributed by atoms with E-state index in [4.69, 9.17) is 4.74 Å². The van der Waals surface area contributed by atoms with Crippen molar-refractivity contribution >= 4 is 27.5 Å². The molecule has 0 aromatic heterocycles. The molecular weight excluding hydrogens is 509 g/mol. The molecular formula is C28H32FN3O5S. The molecule has 0 spiro atoms. The molecule has 38 heavy (non-hydrogen) atoms. The minimum absolute atomic E-state index is 0.201. The standard InChI is InChI=1S/C28H32FN3O5S/c1-4-18-30-28(34)21(2)31(19-22-10-8-9-13-26(22)29)27(33)20-32(38(3,35)36)23-14-16-25(17-15-23)37-24-11-6-5-7-12-24/h5-17,21H,4,18-20H2,1-3H3,(H,30,34)/t21-/m1/s1. The number of sulfonamides is 1. The second kappa shape index (κ2) is 13.0. The molecule has 0 saturated heterocycles. The van der Waals surface area contributed by atoms with Gasteiger partial charge in [0.15, 0.2) is 0 Å². The van der Waals surface area contributed by atoms with E-state index < -0.39 is 40.2 Å². The van der Waals surface area contributed by atoms with Crippen molar-refractivity contribution in [3.8, 4) is 11.5 Å². The normalized spacial score (nSPS) is 11.9. The highest BCUT2D eigenvalue weighted by Gasteiger charge is 2.30. The molecule has 202 valence electrons. The van der Waals surface area contributed by atoms with Gasteiger partial charge in [-0.2, -0.15) is 0 Å². The number of anilines is 1. The molecule has 2 amide bonds. The Labute approximate surface area is 223 Å². The second-order valence-corrected chi connectivity index (χ2v) is 10.7. The summed E-state index contributed by atoms with van der Waals surface area (Å²) in [4.78, 5) is 27.4. The van der Waals surface area contributed by atoms with Crippen LogP contribution in [0.1, 0.15) is 25.8 Å². The molecule has 0 aliphatic rings. The maximum atomic E-state index is 14.4. The van der Waals surface area contributed by atoms with Crippen molar-refractivity contribution in [2.45, 2.75) is 32.9 Å². The molecule has 0 saturated carbocycles. The second-order valence-electron chi connectivity index (χ2n) is 8.76. The lowest BCUT2D eigenvalue weighted by atomic mass is 10.1. The lowest BCUT2D eigenvalue weighted by Crippen LogP contribution is -2.51. The van der Waals surface area contributed by atoms with E-state index in [1.165, 1.54) is 42.2 Å². The number of amides is 2. The molecule has 1 atom stereocenters. The maximum Gasteiger partial charge on any atom is 0.244 e. The molecule has 3 rings (SSSR count). The predicted molar refractivity (Wildman–Crippen MR) is 145 cm³/mol. The molecule has 3 aromatic rings. The van der Waals surface area contributed by atoms with Crippen molar-refractivity contribution < 1.29 is 27.1 Å². The number of hydrogen-bond donors (Lipinski definition) is 1. The van der Waals surface area contributed by atoms with Crippen molar-refractivity contribution in [2.75, 3.05) is 23.7 Å². The lowest BCUT2D eigenvalue weighted by Gasteiger charge is -2.31. The highest BCUT2D eigenvalue weighted by atomic mass is 32.2. The molecule has 3 aromatic carbocycles. The highest BCUT2D eigenvalue weighted by molar-refractivity contribution is 7.92. The summed E-state index contributed by atoms with van der Waals surface area (Å²) in [5, 5.41) is 2.74. The van der Waals surface area contributed by atoms with Crippen LogP contribution in [0.25, 0.3) is 0 Å². The van der Waals surface area contributed by atoms with Crippen LogP contribution in [0.5, 0.6) is 11.5 Å². The molecule has 0 fully saturated rings. The average molecular weight is 542 g/mol. The summed E-state index contributed by atoms with van der Waals surface area (Å²) in [7, 11) is -3.89. The molecule has 8 nitrogen and oxygen atoms in total. The SMILES string of the molecule is CCCNC(=O)[C@@H](C)N(Cc1ccccc1F)C(=O)CN(c1ccc(Oc2ccccc2)cc1)S(C)(=O)=O. The fraction of sp³-hybridized carbons (Fsp3) is 0.286. The number of halogens is 1. The van der Waals surface area contributed by atoms with Gasteiger partial charge >= 0.3 is 0 Å². The first-order chi connectivity index (χ1) is 18.1. The van der Waals surface area contributed by atoms with Crippen LogP contribution >= 0.6 is 0 Å². The fourth-order valence-corrected chi connectivity index (χ4v) is 4.56. The van der Waals surface area contributed by atoms with Gasteiger partial charge in [-0.3, -0.25) is 13.9 Å². The summed E-state index contributed by atoms with van der Waals surface area (Å²) in [6.07, 6.45) is 1.69. The van der Waals surface area contributed by atoms with E-state index in [0.29, 0.717) is 24.5 Å². The van der Waals surface area contributed by atoms with Crippen molar-refractivity contribution in [3.05, 3.63) is 90.2 Å². The molecule has 0 heterocycles. The third-order valence-corrected chi connectivity index (χ3v) is 6.94. The van der Waals surface area contributed by atoms with Crippen LogP contribution in [0.4, 0.5) is 10.1 Å². The Morgan fingerprint density at radius 1 is 0.947 bits per heavy atom. The van der Waals surface area contributed by atoms with E-state index in [9.17, 15) is 22.4 Å². The molecule has 0 bridgehead atoms. The average Bonchev–Trinajstić information content (AvgIpc) is 2.90. The zero-order valence-electron chi connectivity index (χ0n) is 21.6. The third kappa shape index (κ3) is 7.79. The zero-order chi connectivity index (χ0) is 27.7. The molecule has 10 heteroatoms. The number of nitrogens with zero attached hydrogens (tertiary/aromatic N) is 2. The lowest BCUT2D eigenvalue weighted by molar-refractivity contribution is -0.139. The minimum atomic E-state index is -3.89. The Morgan fingerprint density at radius 3 is 2.16 bits per heavy atom. The Bertz CT molecular complexity index is 1330. The number of carbonyl (C=O) groups excluding carboxylic acids is 2. The smallest absolute Gasteiger partial charge is 0.244 e. The zero-order valence-corrected chi connectivity index (χ0v) is 22.4. The summed E-state index contributed by atoms with van der Waals surface area (Å²) < 4.78 is 46.6. The Balaban J connectivity index is 1.86. The molecule has 0 radical (unpaired) electrons. The van der Waals surface area contributed by atoms with Gasteiger partial charge in [-0.15, -0.1) is 0 Å². The monoisotopic (exact) mass is 541 g/mol. The quantitative estimate of drug-likeness (QED) is 0.368. The topological polar surface area (TPSA) is 96.0 Å². The van der Waals surface area contributed by atoms with Gasteiger partial charge in [-0.05, 0) is 55.8 Å². The van der Waals surface area contributed by atoms with Gasteiger partial charge in [0.05, 0.1) is 11.9 Å². The van der Waals surface area contributed by atoms with Crippen molar-refractivity contribution in [2.24, 2.45) is 0 Å². The van der Waals surface area contributed by atoms with Crippen LogP contribution in [0.3, 0.4) is 0 Å². The van der Waals surface area contributed by atoms with Crippen molar-refractivity contribution in [1.29, 1.82) is 0 Å². The van der Waals surface area contributed by atoms with Gasteiger partial charge in [0, 0.05) is 18.7 Å². The Hall–Kier alpha value is -3.92. The number of para-hydroxylation sites is 1. The summed E-state index contributed by atoms with van der Waals surface area (Å²) in [6.45, 7) is 3.07. The third-order valence-electron chi connectivity index (χ3n) is 5.80. The van der Waals surface area contributed by atoms with E-state index in [1.54, 1.807) is 30.3 Å². The van der Waals surface area contributed by atoms with Gasteiger partial charge in [-0.1, -0.05) is 43.3 Å². The molecule has 0 aliphatic heterocycles. The van der Waals surface area contributed by atoms with E-state index in [1.807, 2.05) is 25.1 Å². The predicted octanol–water partition coefficient (Wildman–Crippen LogP) is 4.33. The first-order valence-electron chi connectivity index (χ1n) is 12.2. The van der Waals surface area contributed by atoms with Crippen LogP contribution in [0, 0.1) is 5.82 Å². The molecule has 1 N–H and O–H groups in total. The number of ether oxygens (including phenoxy) is 1.